The highest BCUT2D eigenvalue weighted by Gasteiger charge is 2.38. The third kappa shape index (κ3) is 7.06. The average molecular weight is 449 g/mol. The molecule has 0 aromatic carbocycles. The largest absolute Gasteiger partial charge is 0.465 e. The van der Waals surface area contributed by atoms with Crippen molar-refractivity contribution in [3.8, 4) is 6.07 Å². The van der Waals surface area contributed by atoms with Gasteiger partial charge in [0.05, 0.1) is 12.1 Å². The number of nitrogens with zero attached hydrogens (tertiary/aromatic N) is 3. The number of nitriles is 1. The van der Waals surface area contributed by atoms with Gasteiger partial charge in [-0.1, -0.05) is 38.5 Å². The van der Waals surface area contributed by atoms with Crippen molar-refractivity contribution in [2.24, 2.45) is 5.92 Å². The van der Waals surface area contributed by atoms with Crippen molar-refractivity contribution >= 4 is 12.0 Å². The number of carbonyl (C=O) groups excluding carboxylic acids is 1. The van der Waals surface area contributed by atoms with Crippen LogP contribution in [0.15, 0.2) is 0 Å². The minimum absolute atomic E-state index is 0.184. The lowest BCUT2D eigenvalue weighted by atomic mass is 9.84. The van der Waals surface area contributed by atoms with Crippen molar-refractivity contribution in [3.05, 3.63) is 0 Å². The summed E-state index contributed by atoms with van der Waals surface area (Å²) in [6, 6.07) is 1.83. The first-order chi connectivity index (χ1) is 15.4. The zero-order valence-electron chi connectivity index (χ0n) is 19.4. The number of piperidine rings is 2. The van der Waals surface area contributed by atoms with Crippen LogP contribution < -0.4 is 16.0 Å². The van der Waals surface area contributed by atoms with Crippen LogP contribution in [-0.4, -0.2) is 78.0 Å². The summed E-state index contributed by atoms with van der Waals surface area (Å²) in [5.74, 6) is 0.255. The van der Waals surface area contributed by atoms with E-state index in [1.165, 1.54) is 19.3 Å². The highest BCUT2D eigenvalue weighted by atomic mass is 16.4. The Kier molecular flexibility index (Phi) is 9.14. The summed E-state index contributed by atoms with van der Waals surface area (Å²) >= 11 is 0. The standard InChI is InChI=1S/C23H40N6O3/c1-28-14-10-23(17-24,11-15-28)27-20(30)19(16-18-8-4-2-5-9-18)25-21(26-22(31)32)29-12-6-3-7-13-29/h18-19,21,25-26H,2-16H2,1H3,(H,27,30)(H,31,32). The zero-order valence-corrected chi connectivity index (χ0v) is 19.4. The van der Waals surface area contributed by atoms with Crippen molar-refractivity contribution in [1.82, 2.24) is 25.8 Å². The summed E-state index contributed by atoms with van der Waals surface area (Å²) in [7, 11) is 2.03. The Bertz CT molecular complexity index is 661. The van der Waals surface area contributed by atoms with Gasteiger partial charge in [0.2, 0.25) is 5.91 Å². The maximum Gasteiger partial charge on any atom is 0.406 e. The molecule has 0 radical (unpaired) electrons. The van der Waals surface area contributed by atoms with Crippen LogP contribution in [0.3, 0.4) is 0 Å². The topological polar surface area (TPSA) is 121 Å². The van der Waals surface area contributed by atoms with E-state index in [1.54, 1.807) is 0 Å². The van der Waals surface area contributed by atoms with Crippen molar-refractivity contribution in [2.75, 3.05) is 33.2 Å². The lowest BCUT2D eigenvalue weighted by molar-refractivity contribution is -0.126. The molecule has 1 aliphatic carbocycles. The Labute approximate surface area is 191 Å². The summed E-state index contributed by atoms with van der Waals surface area (Å²) in [4.78, 5) is 29.3. The summed E-state index contributed by atoms with van der Waals surface area (Å²) in [6.45, 7) is 3.13. The van der Waals surface area contributed by atoms with Gasteiger partial charge in [-0.25, -0.2) is 4.79 Å². The fourth-order valence-corrected chi connectivity index (χ4v) is 5.32. The van der Waals surface area contributed by atoms with Gasteiger partial charge in [0.1, 0.15) is 11.8 Å². The highest BCUT2D eigenvalue weighted by molar-refractivity contribution is 5.83. The first kappa shape index (κ1) is 24.7. The van der Waals surface area contributed by atoms with E-state index in [1.807, 2.05) is 7.05 Å². The van der Waals surface area contributed by atoms with Crippen molar-refractivity contribution in [1.29, 1.82) is 5.26 Å². The number of carboxylic acid groups (broad SMARTS) is 1. The zero-order chi connectivity index (χ0) is 23.0. The maximum atomic E-state index is 13.5. The first-order valence-electron chi connectivity index (χ1n) is 12.3. The van der Waals surface area contributed by atoms with E-state index >= 15 is 0 Å². The smallest absolute Gasteiger partial charge is 0.406 e. The molecule has 2 saturated heterocycles. The fourth-order valence-electron chi connectivity index (χ4n) is 5.32. The molecule has 0 aromatic rings. The molecule has 180 valence electrons. The lowest BCUT2D eigenvalue weighted by Gasteiger charge is -2.40. The Morgan fingerprint density at radius 3 is 2.28 bits per heavy atom. The Balaban J connectivity index is 1.74. The van der Waals surface area contributed by atoms with Crippen LogP contribution in [0.1, 0.15) is 70.6 Å². The van der Waals surface area contributed by atoms with E-state index in [9.17, 15) is 20.0 Å². The van der Waals surface area contributed by atoms with Crippen LogP contribution in [0.2, 0.25) is 0 Å². The van der Waals surface area contributed by atoms with Crippen LogP contribution in [0.5, 0.6) is 0 Å². The van der Waals surface area contributed by atoms with Crippen LogP contribution in [0.4, 0.5) is 4.79 Å². The second kappa shape index (κ2) is 11.8. The Hall–Kier alpha value is -1.89. The second-order valence-corrected chi connectivity index (χ2v) is 9.89. The number of hydrogen-bond donors (Lipinski definition) is 4. The molecule has 9 nitrogen and oxygen atoms in total. The molecule has 2 aliphatic heterocycles. The van der Waals surface area contributed by atoms with Gasteiger partial charge in [-0.2, -0.15) is 5.26 Å². The van der Waals surface area contributed by atoms with Crippen molar-refractivity contribution in [3.63, 3.8) is 0 Å². The average Bonchev–Trinajstić information content (AvgIpc) is 2.80. The van der Waals surface area contributed by atoms with Gasteiger partial charge in [-0.15, -0.1) is 0 Å². The van der Waals surface area contributed by atoms with E-state index in [-0.39, 0.29) is 5.91 Å². The molecule has 3 fully saturated rings. The number of hydrogen-bond acceptors (Lipinski definition) is 6. The van der Waals surface area contributed by atoms with Crippen molar-refractivity contribution < 1.29 is 14.7 Å². The summed E-state index contributed by atoms with van der Waals surface area (Å²) in [6.07, 6.45) is 9.12. The molecule has 9 heteroatoms. The molecule has 3 aliphatic rings. The van der Waals surface area contributed by atoms with Crippen LogP contribution >= 0.6 is 0 Å². The number of nitrogens with one attached hydrogen (secondary N) is 3. The minimum atomic E-state index is -1.10. The molecule has 4 N–H and O–H groups in total. The molecule has 32 heavy (non-hydrogen) atoms. The van der Waals surface area contributed by atoms with Crippen LogP contribution in [0.25, 0.3) is 0 Å². The van der Waals surface area contributed by atoms with Gasteiger partial charge in [-0.05, 0) is 45.1 Å². The number of rotatable bonds is 8. The van der Waals surface area contributed by atoms with E-state index in [4.69, 9.17) is 0 Å². The normalized spacial score (nSPS) is 24.8. The molecular formula is C23H40N6O3. The van der Waals surface area contributed by atoms with E-state index in [0.717, 1.165) is 58.3 Å². The Morgan fingerprint density at radius 2 is 1.69 bits per heavy atom. The molecule has 0 spiro atoms. The highest BCUT2D eigenvalue weighted by Crippen LogP contribution is 2.28. The molecule has 0 aromatic heterocycles. The minimum Gasteiger partial charge on any atom is -0.465 e. The number of carbonyl (C=O) groups is 2. The SMILES string of the molecule is CN1CCC(C#N)(NC(=O)C(CC2CCCCC2)NC(NC(=O)O)N2CCCCC2)CC1. The molecule has 1 saturated carbocycles. The predicted molar refractivity (Wildman–Crippen MR) is 122 cm³/mol. The Morgan fingerprint density at radius 1 is 1.06 bits per heavy atom. The molecule has 2 unspecified atom stereocenters. The summed E-state index contributed by atoms with van der Waals surface area (Å²) in [5.41, 5.74) is -0.850. The molecule has 0 bridgehead atoms. The van der Waals surface area contributed by atoms with Gasteiger partial charge in [0, 0.05) is 26.2 Å². The molecule has 2 amide bonds. The molecular weight excluding hydrogens is 408 g/mol. The first-order valence-corrected chi connectivity index (χ1v) is 12.3. The van der Waals surface area contributed by atoms with Gasteiger partial charge in [-0.3, -0.25) is 20.3 Å². The van der Waals surface area contributed by atoms with E-state index < -0.39 is 24.0 Å². The second-order valence-electron chi connectivity index (χ2n) is 9.89. The molecule has 2 heterocycles. The fraction of sp³-hybridized carbons (Fsp3) is 0.870. The van der Waals surface area contributed by atoms with Gasteiger partial charge < -0.3 is 15.3 Å². The van der Waals surface area contributed by atoms with E-state index in [0.29, 0.717) is 25.2 Å². The third-order valence-electron chi connectivity index (χ3n) is 7.40. The summed E-state index contributed by atoms with van der Waals surface area (Å²) in [5, 5.41) is 28.3. The quantitative estimate of drug-likeness (QED) is 0.419. The predicted octanol–water partition coefficient (Wildman–Crippen LogP) is 2.06. The van der Waals surface area contributed by atoms with Crippen LogP contribution in [0, 0.1) is 17.2 Å². The van der Waals surface area contributed by atoms with E-state index in [2.05, 4.69) is 31.8 Å². The van der Waals surface area contributed by atoms with Gasteiger partial charge in [0.15, 0.2) is 0 Å². The third-order valence-corrected chi connectivity index (χ3v) is 7.40. The molecule has 2 atom stereocenters. The van der Waals surface area contributed by atoms with Gasteiger partial charge in [0.25, 0.3) is 0 Å². The lowest BCUT2D eigenvalue weighted by Crippen LogP contribution is -2.64. The van der Waals surface area contributed by atoms with Gasteiger partial charge >= 0.3 is 6.09 Å². The molecule has 3 rings (SSSR count). The van der Waals surface area contributed by atoms with Crippen molar-refractivity contribution in [2.45, 2.75) is 88.5 Å². The maximum absolute atomic E-state index is 13.5. The number of likely N-dealkylation sites (tertiary alicyclic amines) is 2. The number of amides is 2. The monoisotopic (exact) mass is 448 g/mol. The van der Waals surface area contributed by atoms with Crippen LogP contribution in [-0.2, 0) is 4.79 Å². The summed E-state index contributed by atoms with van der Waals surface area (Å²) < 4.78 is 0.